The van der Waals surface area contributed by atoms with Crippen LogP contribution in [0.4, 0.5) is 10.5 Å². The van der Waals surface area contributed by atoms with Crippen LogP contribution < -0.4 is 4.90 Å². The van der Waals surface area contributed by atoms with Crippen LogP contribution in [0, 0.1) is 0 Å². The van der Waals surface area contributed by atoms with Crippen molar-refractivity contribution in [1.82, 2.24) is 14.7 Å². The highest BCUT2D eigenvalue weighted by Crippen LogP contribution is 2.25. The maximum Gasteiger partial charge on any atom is 0.409 e. The number of carbonyl (C=O) groups excluding carboxylic acids is 1. The van der Waals surface area contributed by atoms with E-state index in [-0.39, 0.29) is 6.09 Å². The number of hydrogen-bond acceptors (Lipinski definition) is 5. The first-order chi connectivity index (χ1) is 14.2. The van der Waals surface area contributed by atoms with E-state index < -0.39 is 0 Å². The van der Waals surface area contributed by atoms with Crippen LogP contribution in [-0.2, 0) is 4.74 Å². The normalized spacial score (nSPS) is 25.2. The van der Waals surface area contributed by atoms with E-state index in [0.29, 0.717) is 18.7 Å². The molecule has 0 spiro atoms. The zero-order valence-electron chi connectivity index (χ0n) is 17.8. The van der Waals surface area contributed by atoms with E-state index in [9.17, 15) is 4.79 Å². The van der Waals surface area contributed by atoms with Gasteiger partial charge in [-0.05, 0) is 51.3 Å². The fourth-order valence-electron chi connectivity index (χ4n) is 5.23. The van der Waals surface area contributed by atoms with Crippen molar-refractivity contribution in [2.45, 2.75) is 44.7 Å². The Hall–Kier alpha value is -1.79. The second-order valence-corrected chi connectivity index (χ2v) is 8.57. The van der Waals surface area contributed by atoms with Crippen LogP contribution >= 0.6 is 0 Å². The summed E-state index contributed by atoms with van der Waals surface area (Å²) in [4.78, 5) is 21.8. The lowest BCUT2D eigenvalue weighted by Crippen LogP contribution is -2.57. The number of para-hydroxylation sites is 1. The molecule has 1 amide bonds. The summed E-state index contributed by atoms with van der Waals surface area (Å²) in [6.07, 6.45) is 4.63. The lowest BCUT2D eigenvalue weighted by atomic mass is 9.97. The van der Waals surface area contributed by atoms with Crippen LogP contribution in [0.5, 0.6) is 0 Å². The summed E-state index contributed by atoms with van der Waals surface area (Å²) >= 11 is 0. The number of nitrogens with zero attached hydrogens (tertiary/aromatic N) is 4. The smallest absolute Gasteiger partial charge is 0.409 e. The summed E-state index contributed by atoms with van der Waals surface area (Å²) in [5.41, 5.74) is 1.35. The molecular formula is C23H36N4O2. The largest absolute Gasteiger partial charge is 0.450 e. The first-order valence-corrected chi connectivity index (χ1v) is 11.4. The third-order valence-corrected chi connectivity index (χ3v) is 6.89. The van der Waals surface area contributed by atoms with E-state index >= 15 is 0 Å². The van der Waals surface area contributed by atoms with Gasteiger partial charge in [-0.1, -0.05) is 18.2 Å². The average molecular weight is 401 g/mol. The predicted octanol–water partition coefficient (Wildman–Crippen LogP) is 2.89. The van der Waals surface area contributed by atoms with E-state index in [4.69, 9.17) is 4.74 Å². The van der Waals surface area contributed by atoms with Crippen molar-refractivity contribution in [2.75, 3.05) is 63.9 Å². The number of hydrogen-bond donors (Lipinski definition) is 0. The molecule has 3 aliphatic rings. The Morgan fingerprint density at radius 3 is 2.31 bits per heavy atom. The second kappa shape index (κ2) is 9.81. The molecule has 0 bridgehead atoms. The molecule has 1 aromatic rings. The lowest BCUT2D eigenvalue weighted by molar-refractivity contribution is 0.0376. The molecule has 1 atom stereocenters. The molecule has 0 aliphatic carbocycles. The quantitative estimate of drug-likeness (QED) is 0.777. The van der Waals surface area contributed by atoms with Crippen LogP contribution in [0.15, 0.2) is 30.3 Å². The Morgan fingerprint density at radius 1 is 0.897 bits per heavy atom. The standard InChI is InChI=1S/C23H36N4O2/c1-2-29-23(28)26-13-10-21(11-14-26)27-12-6-9-22(19-27)25-17-15-24(16-18-25)20-7-4-3-5-8-20/h3-5,7-8,21-22H,2,6,9-19H2,1H3/t22-/m0/s1. The number of benzene rings is 1. The number of piperidine rings is 2. The van der Waals surface area contributed by atoms with Crippen molar-refractivity contribution in [2.24, 2.45) is 0 Å². The van der Waals surface area contributed by atoms with Crippen LogP contribution in [0.25, 0.3) is 0 Å². The highest BCUT2D eigenvalue weighted by atomic mass is 16.6. The molecule has 0 radical (unpaired) electrons. The van der Waals surface area contributed by atoms with Gasteiger partial charge in [0.05, 0.1) is 6.61 Å². The van der Waals surface area contributed by atoms with Crippen LogP contribution in [0.3, 0.4) is 0 Å². The topological polar surface area (TPSA) is 39.3 Å². The van der Waals surface area contributed by atoms with E-state index in [0.717, 1.165) is 52.1 Å². The van der Waals surface area contributed by atoms with Gasteiger partial charge in [-0.3, -0.25) is 9.80 Å². The van der Waals surface area contributed by atoms with Crippen molar-refractivity contribution in [3.05, 3.63) is 30.3 Å². The van der Waals surface area contributed by atoms with Crippen molar-refractivity contribution >= 4 is 11.8 Å². The van der Waals surface area contributed by atoms with Crippen molar-refractivity contribution < 1.29 is 9.53 Å². The molecule has 0 N–H and O–H groups in total. The summed E-state index contributed by atoms with van der Waals surface area (Å²) in [6.45, 7) is 11.0. The minimum Gasteiger partial charge on any atom is -0.450 e. The third kappa shape index (κ3) is 5.04. The highest BCUT2D eigenvalue weighted by Gasteiger charge is 2.33. The molecule has 3 heterocycles. The molecule has 6 heteroatoms. The van der Waals surface area contributed by atoms with Gasteiger partial charge in [0.2, 0.25) is 0 Å². The predicted molar refractivity (Wildman–Crippen MR) is 116 cm³/mol. The summed E-state index contributed by atoms with van der Waals surface area (Å²) in [5.74, 6) is 0. The van der Waals surface area contributed by atoms with Crippen LogP contribution in [0.1, 0.15) is 32.6 Å². The number of piperazine rings is 1. The van der Waals surface area contributed by atoms with E-state index in [1.165, 1.54) is 31.6 Å². The molecule has 0 aromatic heterocycles. The molecule has 29 heavy (non-hydrogen) atoms. The van der Waals surface area contributed by atoms with Gasteiger partial charge in [0.1, 0.15) is 0 Å². The van der Waals surface area contributed by atoms with Gasteiger partial charge in [0.15, 0.2) is 0 Å². The first-order valence-electron chi connectivity index (χ1n) is 11.4. The van der Waals surface area contributed by atoms with Gasteiger partial charge in [-0.2, -0.15) is 0 Å². The molecular weight excluding hydrogens is 364 g/mol. The summed E-state index contributed by atoms with van der Waals surface area (Å²) in [6, 6.07) is 12.1. The Balaban J connectivity index is 1.25. The number of rotatable bonds is 4. The highest BCUT2D eigenvalue weighted by molar-refractivity contribution is 5.67. The van der Waals surface area contributed by atoms with Gasteiger partial charge in [-0.15, -0.1) is 0 Å². The minimum atomic E-state index is -0.140. The van der Waals surface area contributed by atoms with Crippen molar-refractivity contribution in [3.8, 4) is 0 Å². The summed E-state index contributed by atoms with van der Waals surface area (Å²) in [5, 5.41) is 0. The first kappa shape index (κ1) is 20.5. The zero-order chi connectivity index (χ0) is 20.1. The van der Waals surface area contributed by atoms with Gasteiger partial charge in [0, 0.05) is 63.6 Å². The summed E-state index contributed by atoms with van der Waals surface area (Å²) < 4.78 is 5.16. The fraction of sp³-hybridized carbons (Fsp3) is 0.696. The molecule has 0 saturated carbocycles. The summed E-state index contributed by atoms with van der Waals surface area (Å²) in [7, 11) is 0. The van der Waals surface area contributed by atoms with E-state index in [1.54, 1.807) is 0 Å². The maximum atomic E-state index is 11.9. The zero-order valence-corrected chi connectivity index (χ0v) is 17.8. The molecule has 1 aromatic carbocycles. The lowest BCUT2D eigenvalue weighted by Gasteiger charge is -2.47. The van der Waals surface area contributed by atoms with Gasteiger partial charge >= 0.3 is 6.09 Å². The second-order valence-electron chi connectivity index (χ2n) is 8.57. The Bertz CT molecular complexity index is 640. The number of ether oxygens (including phenoxy) is 1. The number of anilines is 1. The van der Waals surface area contributed by atoms with Gasteiger partial charge in [0.25, 0.3) is 0 Å². The minimum absolute atomic E-state index is 0.140. The third-order valence-electron chi connectivity index (χ3n) is 6.89. The molecule has 3 fully saturated rings. The van der Waals surface area contributed by atoms with Crippen LogP contribution in [-0.4, -0.2) is 91.8 Å². The average Bonchev–Trinajstić information content (AvgIpc) is 2.80. The Kier molecular flexibility index (Phi) is 6.93. The Labute approximate surface area is 175 Å². The monoisotopic (exact) mass is 400 g/mol. The molecule has 6 nitrogen and oxygen atoms in total. The van der Waals surface area contributed by atoms with Crippen LogP contribution in [0.2, 0.25) is 0 Å². The number of likely N-dealkylation sites (tertiary alicyclic amines) is 2. The maximum absolute atomic E-state index is 11.9. The fourth-order valence-corrected chi connectivity index (χ4v) is 5.23. The molecule has 160 valence electrons. The molecule has 3 aliphatic heterocycles. The molecule has 3 saturated heterocycles. The van der Waals surface area contributed by atoms with Crippen molar-refractivity contribution in [1.29, 1.82) is 0 Å². The van der Waals surface area contributed by atoms with Gasteiger partial charge in [-0.25, -0.2) is 4.79 Å². The van der Waals surface area contributed by atoms with Crippen molar-refractivity contribution in [3.63, 3.8) is 0 Å². The van der Waals surface area contributed by atoms with E-state index in [1.807, 2.05) is 11.8 Å². The molecule has 0 unspecified atom stereocenters. The number of carbonyl (C=O) groups is 1. The molecule has 4 rings (SSSR count). The van der Waals surface area contributed by atoms with Gasteiger partial charge < -0.3 is 14.5 Å². The number of amides is 1. The van der Waals surface area contributed by atoms with E-state index in [2.05, 4.69) is 45.0 Å². The Morgan fingerprint density at radius 2 is 1.62 bits per heavy atom. The SMILES string of the molecule is CCOC(=O)N1CCC(N2CCC[C@H](N3CCN(c4ccccc4)CC3)C2)CC1.